The summed E-state index contributed by atoms with van der Waals surface area (Å²) in [5.74, 6) is 1.18. The number of aryl methyl sites for hydroxylation is 1. The number of benzene rings is 1. The van der Waals surface area contributed by atoms with Gasteiger partial charge in [0.05, 0.1) is 6.42 Å². The van der Waals surface area contributed by atoms with Crippen LogP contribution >= 0.6 is 0 Å². The molecule has 1 atom stereocenters. The number of hydrogen-bond acceptors (Lipinski definition) is 4. The van der Waals surface area contributed by atoms with Gasteiger partial charge in [-0.15, -0.1) is 0 Å². The molecular weight excluding hydrogens is 308 g/mol. The molecule has 2 aliphatic rings. The molecule has 1 fully saturated rings. The van der Waals surface area contributed by atoms with Crippen molar-refractivity contribution in [3.8, 4) is 5.75 Å². The quantitative estimate of drug-likeness (QED) is 0.927. The molecule has 0 spiro atoms. The maximum absolute atomic E-state index is 12.7. The van der Waals surface area contributed by atoms with Crippen LogP contribution in [0.5, 0.6) is 5.75 Å². The van der Waals surface area contributed by atoms with Crippen molar-refractivity contribution < 1.29 is 14.3 Å². The monoisotopic (exact) mass is 326 g/mol. The topological polar surface area (TPSA) is 76.5 Å². The Balaban J connectivity index is 1.51. The molecule has 1 N–H and O–H groups in total. The first kappa shape index (κ1) is 14.7. The number of nitrogens with zero attached hydrogens (tertiary/aromatic N) is 3. The Hall–Kier alpha value is -2.83. The highest BCUT2D eigenvalue weighted by atomic mass is 16.5. The Morgan fingerprint density at radius 1 is 1.29 bits per heavy atom. The molecule has 1 saturated heterocycles. The van der Waals surface area contributed by atoms with Crippen LogP contribution < -0.4 is 15.0 Å². The summed E-state index contributed by atoms with van der Waals surface area (Å²) in [7, 11) is 1.83. The Labute approximate surface area is 139 Å². The van der Waals surface area contributed by atoms with Gasteiger partial charge in [-0.3, -0.25) is 19.2 Å². The van der Waals surface area contributed by atoms with Crippen LogP contribution in [0, 0.1) is 0 Å². The lowest BCUT2D eigenvalue weighted by Crippen LogP contribution is -2.47. The summed E-state index contributed by atoms with van der Waals surface area (Å²) in [6, 6.07) is 7.27. The van der Waals surface area contributed by atoms with E-state index in [9.17, 15) is 9.59 Å². The summed E-state index contributed by atoms with van der Waals surface area (Å²) in [5, 5.41) is 7.09. The Kier molecular flexibility index (Phi) is 3.48. The number of anilines is 2. The molecule has 0 saturated carbocycles. The number of carbonyl (C=O) groups is 2. The molecule has 3 heterocycles. The van der Waals surface area contributed by atoms with Gasteiger partial charge in [-0.05, 0) is 36.6 Å². The number of fused-ring (bicyclic) bond motifs is 1. The van der Waals surface area contributed by atoms with Gasteiger partial charge in [0.15, 0.2) is 11.9 Å². The van der Waals surface area contributed by atoms with Gasteiger partial charge in [0.1, 0.15) is 5.75 Å². The van der Waals surface area contributed by atoms with Crippen LogP contribution in [0.2, 0.25) is 0 Å². The van der Waals surface area contributed by atoms with Crippen LogP contribution in [0.25, 0.3) is 0 Å². The van der Waals surface area contributed by atoms with Crippen LogP contribution in [-0.2, 0) is 23.1 Å². The van der Waals surface area contributed by atoms with Crippen LogP contribution in [0.15, 0.2) is 30.5 Å². The Morgan fingerprint density at radius 3 is 2.96 bits per heavy atom. The molecular formula is C17H18N4O3. The van der Waals surface area contributed by atoms with Crippen LogP contribution in [0.4, 0.5) is 11.5 Å². The van der Waals surface area contributed by atoms with Gasteiger partial charge in [-0.25, -0.2) is 0 Å². The van der Waals surface area contributed by atoms with E-state index in [0.29, 0.717) is 31.0 Å². The standard InChI is InChI=1S/C17H18N4O3/c1-20-8-6-15(19-20)21-7-2-3-14(17(21)23)24-12-4-5-13-11(9-12)10-16(22)18-13/h4-6,8-9,14H,2-3,7,10H2,1H3,(H,18,22). The Bertz CT molecular complexity index is 814. The molecule has 2 amide bonds. The predicted molar refractivity (Wildman–Crippen MR) is 88.0 cm³/mol. The predicted octanol–water partition coefficient (Wildman–Crippen LogP) is 1.49. The van der Waals surface area contributed by atoms with Gasteiger partial charge in [-0.2, -0.15) is 5.10 Å². The normalized spacial score (nSPS) is 20.0. The number of rotatable bonds is 3. The molecule has 7 nitrogen and oxygen atoms in total. The zero-order chi connectivity index (χ0) is 16.7. The number of ether oxygens (including phenoxy) is 1. The third kappa shape index (κ3) is 2.62. The summed E-state index contributed by atoms with van der Waals surface area (Å²) in [5.41, 5.74) is 1.72. The number of amides is 2. The fraction of sp³-hybridized carbons (Fsp3) is 0.353. The largest absolute Gasteiger partial charge is 0.481 e. The van der Waals surface area contributed by atoms with E-state index in [1.54, 1.807) is 15.6 Å². The molecule has 4 rings (SSSR count). The molecule has 1 aromatic heterocycles. The van der Waals surface area contributed by atoms with Crippen molar-refractivity contribution in [2.75, 3.05) is 16.8 Å². The highest BCUT2D eigenvalue weighted by Crippen LogP contribution is 2.29. The summed E-state index contributed by atoms with van der Waals surface area (Å²) >= 11 is 0. The van der Waals surface area contributed by atoms with E-state index in [1.165, 1.54) is 0 Å². The number of carbonyl (C=O) groups excluding carboxylic acids is 2. The van der Waals surface area contributed by atoms with Crippen LogP contribution in [0.3, 0.4) is 0 Å². The molecule has 124 valence electrons. The van der Waals surface area contributed by atoms with E-state index in [1.807, 2.05) is 31.4 Å². The van der Waals surface area contributed by atoms with Gasteiger partial charge in [-0.1, -0.05) is 0 Å². The average Bonchev–Trinajstić information content (AvgIpc) is 3.13. The highest BCUT2D eigenvalue weighted by molar-refractivity contribution is 5.99. The molecule has 2 aliphatic heterocycles. The van der Waals surface area contributed by atoms with Crippen molar-refractivity contribution in [3.05, 3.63) is 36.0 Å². The zero-order valence-electron chi connectivity index (χ0n) is 13.4. The van der Waals surface area contributed by atoms with Crippen LogP contribution in [0.1, 0.15) is 18.4 Å². The molecule has 0 bridgehead atoms. The van der Waals surface area contributed by atoms with Gasteiger partial charge in [0, 0.05) is 31.5 Å². The molecule has 1 aromatic carbocycles. The molecule has 2 aromatic rings. The maximum atomic E-state index is 12.7. The van der Waals surface area contributed by atoms with Crippen LogP contribution in [-0.4, -0.2) is 34.2 Å². The number of nitrogens with one attached hydrogen (secondary N) is 1. The summed E-state index contributed by atoms with van der Waals surface area (Å²) < 4.78 is 7.60. The lowest BCUT2D eigenvalue weighted by atomic mass is 10.1. The molecule has 0 aliphatic carbocycles. The summed E-state index contributed by atoms with van der Waals surface area (Å²) in [6.07, 6.45) is 3.18. The van der Waals surface area contributed by atoms with Crippen molar-refractivity contribution >= 4 is 23.3 Å². The van der Waals surface area contributed by atoms with E-state index in [2.05, 4.69) is 10.4 Å². The van der Waals surface area contributed by atoms with E-state index >= 15 is 0 Å². The van der Waals surface area contributed by atoms with Gasteiger partial charge in [0.2, 0.25) is 5.91 Å². The second-order valence-corrected chi connectivity index (χ2v) is 6.13. The lowest BCUT2D eigenvalue weighted by Gasteiger charge is -2.31. The zero-order valence-corrected chi connectivity index (χ0v) is 13.4. The number of aromatic nitrogens is 2. The number of piperidine rings is 1. The van der Waals surface area contributed by atoms with Gasteiger partial charge >= 0.3 is 0 Å². The van der Waals surface area contributed by atoms with E-state index in [0.717, 1.165) is 17.7 Å². The first-order chi connectivity index (χ1) is 11.6. The highest BCUT2D eigenvalue weighted by Gasteiger charge is 2.32. The minimum Gasteiger partial charge on any atom is -0.481 e. The van der Waals surface area contributed by atoms with Crippen molar-refractivity contribution in [1.29, 1.82) is 0 Å². The summed E-state index contributed by atoms with van der Waals surface area (Å²) in [6.45, 7) is 0.651. The van der Waals surface area contributed by atoms with Crippen molar-refractivity contribution in [1.82, 2.24) is 9.78 Å². The Morgan fingerprint density at radius 2 is 2.17 bits per heavy atom. The third-order valence-corrected chi connectivity index (χ3v) is 4.35. The first-order valence-electron chi connectivity index (χ1n) is 8.00. The van der Waals surface area contributed by atoms with Crippen molar-refractivity contribution in [3.63, 3.8) is 0 Å². The molecule has 0 radical (unpaired) electrons. The molecule has 24 heavy (non-hydrogen) atoms. The SMILES string of the molecule is Cn1ccc(N2CCCC(Oc3ccc4c(c3)CC(=O)N4)C2=O)n1. The minimum atomic E-state index is -0.524. The second kappa shape index (κ2) is 5.67. The average molecular weight is 326 g/mol. The van der Waals surface area contributed by atoms with E-state index in [-0.39, 0.29) is 11.8 Å². The van der Waals surface area contributed by atoms with Crippen molar-refractivity contribution in [2.24, 2.45) is 7.05 Å². The number of hydrogen-bond donors (Lipinski definition) is 1. The lowest BCUT2D eigenvalue weighted by molar-refractivity contribution is -0.127. The molecule has 7 heteroatoms. The smallest absolute Gasteiger partial charge is 0.269 e. The summed E-state index contributed by atoms with van der Waals surface area (Å²) in [4.78, 5) is 25.8. The second-order valence-electron chi connectivity index (χ2n) is 6.13. The maximum Gasteiger partial charge on any atom is 0.269 e. The fourth-order valence-corrected chi connectivity index (χ4v) is 3.17. The minimum absolute atomic E-state index is 0.0165. The first-order valence-corrected chi connectivity index (χ1v) is 8.00. The van der Waals surface area contributed by atoms with E-state index < -0.39 is 6.10 Å². The van der Waals surface area contributed by atoms with Crippen molar-refractivity contribution in [2.45, 2.75) is 25.4 Å². The third-order valence-electron chi connectivity index (χ3n) is 4.35. The van der Waals surface area contributed by atoms with Gasteiger partial charge in [0.25, 0.3) is 5.91 Å². The fourth-order valence-electron chi connectivity index (χ4n) is 3.17. The molecule has 1 unspecified atom stereocenters. The van der Waals surface area contributed by atoms with E-state index in [4.69, 9.17) is 4.74 Å². The van der Waals surface area contributed by atoms with Gasteiger partial charge < -0.3 is 10.1 Å².